The van der Waals surface area contributed by atoms with Crippen molar-refractivity contribution in [1.29, 1.82) is 0 Å². The Bertz CT molecular complexity index is 989. The van der Waals surface area contributed by atoms with E-state index in [0.29, 0.717) is 30.0 Å². The fraction of sp³-hybridized carbons (Fsp3) is 0.235. The van der Waals surface area contributed by atoms with Crippen molar-refractivity contribution in [3.8, 4) is 0 Å². The van der Waals surface area contributed by atoms with Crippen LogP contribution in [-0.2, 0) is 0 Å². The van der Waals surface area contributed by atoms with Gasteiger partial charge in [0.15, 0.2) is 5.65 Å². The van der Waals surface area contributed by atoms with E-state index in [1.807, 2.05) is 4.90 Å². The summed E-state index contributed by atoms with van der Waals surface area (Å²) in [4.78, 5) is 18.3. The number of amides is 1. The molecule has 1 amide bonds. The molecule has 0 radical (unpaired) electrons. The fourth-order valence-electron chi connectivity index (χ4n) is 3.39. The van der Waals surface area contributed by atoms with E-state index in [4.69, 9.17) is 5.84 Å². The van der Waals surface area contributed by atoms with Crippen molar-refractivity contribution in [1.82, 2.24) is 20.0 Å². The number of hydrogen-bond acceptors (Lipinski definition) is 5. The molecular weight excluding hydrogens is 342 g/mol. The highest BCUT2D eigenvalue weighted by Gasteiger charge is 2.30. The number of rotatable bonds is 3. The number of nitrogens with zero attached hydrogens (tertiary/aromatic N) is 4. The van der Waals surface area contributed by atoms with Gasteiger partial charge < -0.3 is 4.90 Å². The first-order valence-electron chi connectivity index (χ1n) is 8.15. The van der Waals surface area contributed by atoms with Gasteiger partial charge in [0.2, 0.25) is 0 Å². The summed E-state index contributed by atoms with van der Waals surface area (Å²) in [5.74, 6) is 4.33. The number of carbonyl (C=O) groups is 1. The third-order valence-electron chi connectivity index (χ3n) is 4.59. The van der Waals surface area contributed by atoms with Crippen LogP contribution in [0.4, 0.5) is 14.6 Å². The van der Waals surface area contributed by atoms with Crippen LogP contribution in [0, 0.1) is 11.6 Å². The van der Waals surface area contributed by atoms with Crippen molar-refractivity contribution in [3.63, 3.8) is 0 Å². The SMILES string of the molecule is NNC(=O)c1cnn2ccc(N3CCCC3c3cc(F)ccc3F)nc12. The van der Waals surface area contributed by atoms with Crippen LogP contribution in [0.15, 0.2) is 36.7 Å². The van der Waals surface area contributed by atoms with E-state index in [9.17, 15) is 13.6 Å². The summed E-state index contributed by atoms with van der Waals surface area (Å²) in [5, 5.41) is 4.07. The number of hydrazine groups is 1. The molecular formula is C17H16F2N6O. The molecule has 26 heavy (non-hydrogen) atoms. The molecule has 1 fully saturated rings. The Labute approximate surface area is 147 Å². The average Bonchev–Trinajstić information content (AvgIpc) is 3.29. The number of halogens is 2. The number of fused-ring (bicyclic) bond motifs is 1. The monoisotopic (exact) mass is 358 g/mol. The Hall–Kier alpha value is -3.07. The van der Waals surface area contributed by atoms with Gasteiger partial charge in [-0.05, 0) is 37.1 Å². The molecule has 1 aliphatic heterocycles. The Morgan fingerprint density at radius 1 is 1.31 bits per heavy atom. The van der Waals surface area contributed by atoms with Gasteiger partial charge in [0.25, 0.3) is 5.91 Å². The zero-order chi connectivity index (χ0) is 18.3. The number of nitrogen functional groups attached to an aromatic ring is 1. The zero-order valence-electron chi connectivity index (χ0n) is 13.7. The highest BCUT2D eigenvalue weighted by Crippen LogP contribution is 2.36. The topological polar surface area (TPSA) is 88.5 Å². The maximum atomic E-state index is 14.2. The molecule has 0 saturated carbocycles. The van der Waals surface area contributed by atoms with E-state index in [1.54, 1.807) is 12.3 Å². The molecule has 3 heterocycles. The first kappa shape index (κ1) is 16.4. The van der Waals surface area contributed by atoms with E-state index in [-0.39, 0.29) is 11.6 Å². The largest absolute Gasteiger partial charge is 0.349 e. The van der Waals surface area contributed by atoms with Crippen LogP contribution in [0.3, 0.4) is 0 Å². The molecule has 7 nitrogen and oxygen atoms in total. The summed E-state index contributed by atoms with van der Waals surface area (Å²) < 4.78 is 29.3. The zero-order valence-corrected chi connectivity index (χ0v) is 13.7. The molecule has 134 valence electrons. The van der Waals surface area contributed by atoms with E-state index >= 15 is 0 Å². The van der Waals surface area contributed by atoms with E-state index < -0.39 is 17.5 Å². The van der Waals surface area contributed by atoms with Gasteiger partial charge >= 0.3 is 0 Å². The molecule has 3 N–H and O–H groups in total. The number of benzene rings is 1. The van der Waals surface area contributed by atoms with Gasteiger partial charge in [-0.3, -0.25) is 10.2 Å². The van der Waals surface area contributed by atoms with Gasteiger partial charge in [-0.1, -0.05) is 0 Å². The third kappa shape index (κ3) is 2.66. The van der Waals surface area contributed by atoms with Gasteiger partial charge in [0.05, 0.1) is 12.2 Å². The maximum Gasteiger partial charge on any atom is 0.270 e. The lowest BCUT2D eigenvalue weighted by Gasteiger charge is -2.26. The molecule has 1 aromatic carbocycles. The van der Waals surface area contributed by atoms with E-state index in [2.05, 4.69) is 15.5 Å². The predicted octanol–water partition coefficient (Wildman–Crippen LogP) is 1.95. The van der Waals surface area contributed by atoms with E-state index in [0.717, 1.165) is 18.6 Å². The molecule has 1 saturated heterocycles. The first-order chi connectivity index (χ1) is 12.6. The summed E-state index contributed by atoms with van der Waals surface area (Å²) in [5.41, 5.74) is 2.94. The summed E-state index contributed by atoms with van der Waals surface area (Å²) in [6.45, 7) is 0.649. The van der Waals surface area contributed by atoms with Crippen LogP contribution in [0.2, 0.25) is 0 Å². The lowest BCUT2D eigenvalue weighted by molar-refractivity contribution is 0.0955. The number of nitrogens with two attached hydrogens (primary N) is 1. The van der Waals surface area contributed by atoms with Gasteiger partial charge in [-0.25, -0.2) is 24.1 Å². The predicted molar refractivity (Wildman–Crippen MR) is 90.3 cm³/mol. The summed E-state index contributed by atoms with van der Waals surface area (Å²) >= 11 is 0. The molecule has 3 aromatic rings. The van der Waals surface area contributed by atoms with Crippen molar-refractivity contribution >= 4 is 17.4 Å². The van der Waals surface area contributed by atoms with Crippen LogP contribution < -0.4 is 16.2 Å². The molecule has 1 atom stereocenters. The van der Waals surface area contributed by atoms with Crippen LogP contribution in [0.5, 0.6) is 0 Å². The van der Waals surface area contributed by atoms with Crippen molar-refractivity contribution in [3.05, 3.63) is 59.4 Å². The van der Waals surface area contributed by atoms with Crippen molar-refractivity contribution in [2.45, 2.75) is 18.9 Å². The number of anilines is 1. The normalized spacial score (nSPS) is 17.0. The second-order valence-electron chi connectivity index (χ2n) is 6.10. The Morgan fingerprint density at radius 2 is 2.15 bits per heavy atom. The van der Waals surface area contributed by atoms with E-state index in [1.165, 1.54) is 16.8 Å². The number of nitrogens with one attached hydrogen (secondary N) is 1. The number of carbonyl (C=O) groups excluding carboxylic acids is 1. The highest BCUT2D eigenvalue weighted by molar-refractivity contribution is 5.99. The Morgan fingerprint density at radius 3 is 2.96 bits per heavy atom. The lowest BCUT2D eigenvalue weighted by Crippen LogP contribution is -2.30. The quantitative estimate of drug-likeness (QED) is 0.424. The number of hydrogen-bond donors (Lipinski definition) is 2. The van der Waals surface area contributed by atoms with Crippen molar-refractivity contribution < 1.29 is 13.6 Å². The van der Waals surface area contributed by atoms with Crippen LogP contribution in [0.1, 0.15) is 34.8 Å². The maximum absolute atomic E-state index is 14.2. The minimum atomic E-state index is -0.501. The average molecular weight is 358 g/mol. The fourth-order valence-corrected chi connectivity index (χ4v) is 3.39. The molecule has 0 aliphatic carbocycles. The highest BCUT2D eigenvalue weighted by atomic mass is 19.1. The van der Waals surface area contributed by atoms with Crippen LogP contribution in [0.25, 0.3) is 5.65 Å². The molecule has 1 aliphatic rings. The van der Waals surface area contributed by atoms with Crippen LogP contribution >= 0.6 is 0 Å². The van der Waals surface area contributed by atoms with Gasteiger partial charge in [0, 0.05) is 18.3 Å². The lowest BCUT2D eigenvalue weighted by atomic mass is 10.0. The summed E-state index contributed by atoms with van der Waals surface area (Å²) in [7, 11) is 0. The summed E-state index contributed by atoms with van der Waals surface area (Å²) in [6, 6.07) is 4.88. The molecule has 0 bridgehead atoms. The molecule has 9 heteroatoms. The minimum absolute atomic E-state index is 0.238. The summed E-state index contributed by atoms with van der Waals surface area (Å²) in [6.07, 6.45) is 4.55. The Kier molecular flexibility index (Phi) is 4.00. The van der Waals surface area contributed by atoms with Gasteiger partial charge in [-0.15, -0.1) is 0 Å². The minimum Gasteiger partial charge on any atom is -0.349 e. The molecule has 0 spiro atoms. The molecule has 4 rings (SSSR count). The van der Waals surface area contributed by atoms with Crippen molar-refractivity contribution in [2.75, 3.05) is 11.4 Å². The second kappa shape index (κ2) is 6.34. The van der Waals surface area contributed by atoms with Crippen molar-refractivity contribution in [2.24, 2.45) is 5.84 Å². The molecule has 1 unspecified atom stereocenters. The Balaban J connectivity index is 1.76. The molecule has 2 aromatic heterocycles. The first-order valence-corrected chi connectivity index (χ1v) is 8.15. The standard InChI is InChI=1S/C17H16F2N6O/c18-10-3-4-13(19)11(8-10)14-2-1-6-24(14)15-5-7-25-16(22-15)12(9-21-25)17(26)23-20/h3-5,7-9,14H,1-2,6,20H2,(H,23,26). The van der Waals surface area contributed by atoms with Crippen LogP contribution in [-0.4, -0.2) is 27.0 Å². The number of aromatic nitrogens is 3. The van der Waals surface area contributed by atoms with Gasteiger partial charge in [0.1, 0.15) is 23.0 Å². The third-order valence-corrected chi connectivity index (χ3v) is 4.59. The second-order valence-corrected chi connectivity index (χ2v) is 6.10. The van der Waals surface area contributed by atoms with Gasteiger partial charge in [-0.2, -0.15) is 5.10 Å². The smallest absolute Gasteiger partial charge is 0.270 e.